The molecule has 2 rings (SSSR count). The van der Waals surface area contributed by atoms with Crippen molar-refractivity contribution >= 4 is 17.6 Å². The van der Waals surface area contributed by atoms with Crippen molar-refractivity contribution in [3.63, 3.8) is 0 Å². The molecular formula is C11H10ClN3O3. The lowest BCUT2D eigenvalue weighted by molar-refractivity contribution is 0.0691. The van der Waals surface area contributed by atoms with Crippen molar-refractivity contribution in [2.24, 2.45) is 0 Å². The Kier molecular flexibility index (Phi) is 3.59. The number of halogens is 1. The molecule has 1 aromatic carbocycles. The fraction of sp³-hybridized carbons (Fsp3) is 0.182. The van der Waals surface area contributed by atoms with Gasteiger partial charge in [-0.25, -0.2) is 9.48 Å². The lowest BCUT2D eigenvalue weighted by atomic mass is 10.1. The van der Waals surface area contributed by atoms with Crippen LogP contribution in [0.1, 0.15) is 10.5 Å². The highest BCUT2D eigenvalue weighted by atomic mass is 35.5. The molecule has 0 unspecified atom stereocenters. The summed E-state index contributed by atoms with van der Waals surface area (Å²) >= 11 is 5.78. The molecule has 7 heteroatoms. The first kappa shape index (κ1) is 12.5. The highest BCUT2D eigenvalue weighted by molar-refractivity contribution is 6.30. The van der Waals surface area contributed by atoms with Gasteiger partial charge in [0.15, 0.2) is 5.69 Å². The van der Waals surface area contributed by atoms with Gasteiger partial charge in [-0.1, -0.05) is 28.9 Å². The standard InChI is InChI=1S/C11H10ClN3O3/c12-8-3-1-7(2-4-8)10-9(11(17)18)13-14-15(10)5-6-16/h1-4,16H,5-6H2,(H,17,18). The molecule has 0 amide bonds. The number of benzene rings is 1. The van der Waals surface area contributed by atoms with Crippen molar-refractivity contribution in [3.8, 4) is 11.3 Å². The summed E-state index contributed by atoms with van der Waals surface area (Å²) in [5, 5.41) is 25.9. The summed E-state index contributed by atoms with van der Waals surface area (Å²) in [6.45, 7) is 0.0290. The monoisotopic (exact) mass is 267 g/mol. The minimum absolute atomic E-state index is 0.147. The molecule has 6 nitrogen and oxygen atoms in total. The Morgan fingerprint density at radius 1 is 1.33 bits per heavy atom. The molecular weight excluding hydrogens is 258 g/mol. The van der Waals surface area contributed by atoms with Gasteiger partial charge in [0.1, 0.15) is 5.69 Å². The molecule has 1 heterocycles. The maximum absolute atomic E-state index is 11.1. The first-order valence-corrected chi connectivity index (χ1v) is 5.55. The van der Waals surface area contributed by atoms with E-state index in [1.807, 2.05) is 0 Å². The Balaban J connectivity index is 2.55. The molecule has 94 valence electrons. The smallest absolute Gasteiger partial charge is 0.358 e. The Hall–Kier alpha value is -1.92. The number of carboxylic acids is 1. The Labute approximate surface area is 107 Å². The minimum atomic E-state index is -1.16. The molecule has 0 radical (unpaired) electrons. The number of aliphatic hydroxyl groups is 1. The largest absolute Gasteiger partial charge is 0.476 e. The third-order valence-corrected chi connectivity index (χ3v) is 2.62. The van der Waals surface area contributed by atoms with Crippen LogP contribution in [0.4, 0.5) is 0 Å². The van der Waals surface area contributed by atoms with Crippen LogP contribution in [0.25, 0.3) is 11.3 Å². The van der Waals surface area contributed by atoms with Crippen molar-refractivity contribution < 1.29 is 15.0 Å². The predicted octanol–water partition coefficient (Wildman–Crippen LogP) is 1.29. The van der Waals surface area contributed by atoms with Crippen molar-refractivity contribution in [2.75, 3.05) is 6.61 Å². The second-order valence-corrected chi connectivity index (χ2v) is 3.98. The zero-order valence-corrected chi connectivity index (χ0v) is 10.0. The van der Waals surface area contributed by atoms with E-state index in [-0.39, 0.29) is 18.8 Å². The van der Waals surface area contributed by atoms with Crippen LogP contribution in [0.2, 0.25) is 5.02 Å². The lowest BCUT2D eigenvalue weighted by Gasteiger charge is -2.05. The van der Waals surface area contributed by atoms with Gasteiger partial charge in [-0.2, -0.15) is 0 Å². The van der Waals surface area contributed by atoms with Crippen molar-refractivity contribution in [2.45, 2.75) is 6.54 Å². The maximum atomic E-state index is 11.1. The van der Waals surface area contributed by atoms with E-state index in [4.69, 9.17) is 21.8 Å². The second-order valence-electron chi connectivity index (χ2n) is 3.55. The van der Waals surface area contributed by atoms with Crippen LogP contribution in [-0.2, 0) is 6.54 Å². The fourth-order valence-corrected chi connectivity index (χ4v) is 1.73. The molecule has 0 saturated heterocycles. The third-order valence-electron chi connectivity index (χ3n) is 2.37. The first-order valence-electron chi connectivity index (χ1n) is 5.17. The molecule has 2 aromatic rings. The number of carbonyl (C=O) groups is 1. The average molecular weight is 268 g/mol. The molecule has 0 aliphatic rings. The number of nitrogens with zero attached hydrogens (tertiary/aromatic N) is 3. The first-order chi connectivity index (χ1) is 8.63. The Bertz CT molecular complexity index is 565. The van der Waals surface area contributed by atoms with Crippen LogP contribution in [0.3, 0.4) is 0 Å². The van der Waals surface area contributed by atoms with E-state index < -0.39 is 5.97 Å². The van der Waals surface area contributed by atoms with E-state index >= 15 is 0 Å². The molecule has 18 heavy (non-hydrogen) atoms. The van der Waals surface area contributed by atoms with Crippen LogP contribution in [-0.4, -0.2) is 37.8 Å². The lowest BCUT2D eigenvalue weighted by Crippen LogP contribution is -2.07. The van der Waals surface area contributed by atoms with E-state index in [9.17, 15) is 4.79 Å². The van der Waals surface area contributed by atoms with Gasteiger partial charge >= 0.3 is 5.97 Å². The van der Waals surface area contributed by atoms with E-state index in [1.165, 1.54) is 4.68 Å². The summed E-state index contributed by atoms with van der Waals surface area (Å²) in [6, 6.07) is 6.67. The highest BCUT2D eigenvalue weighted by Crippen LogP contribution is 2.24. The summed E-state index contributed by atoms with van der Waals surface area (Å²) in [5.41, 5.74) is 0.842. The van der Waals surface area contributed by atoms with Gasteiger partial charge in [-0.15, -0.1) is 5.10 Å². The predicted molar refractivity (Wildman–Crippen MR) is 64.5 cm³/mol. The number of hydrogen-bond donors (Lipinski definition) is 2. The van der Waals surface area contributed by atoms with E-state index in [0.29, 0.717) is 16.3 Å². The number of hydrogen-bond acceptors (Lipinski definition) is 4. The van der Waals surface area contributed by atoms with Crippen molar-refractivity contribution in [1.29, 1.82) is 0 Å². The maximum Gasteiger partial charge on any atom is 0.358 e. The zero-order chi connectivity index (χ0) is 13.1. The second kappa shape index (κ2) is 5.16. The van der Waals surface area contributed by atoms with E-state index in [2.05, 4.69) is 10.3 Å². The number of aliphatic hydroxyl groups excluding tert-OH is 1. The van der Waals surface area contributed by atoms with Crippen LogP contribution in [0.15, 0.2) is 24.3 Å². The van der Waals surface area contributed by atoms with Gasteiger partial charge in [0.05, 0.1) is 13.2 Å². The average Bonchev–Trinajstić information content (AvgIpc) is 2.75. The molecule has 0 aliphatic heterocycles. The fourth-order valence-electron chi connectivity index (χ4n) is 1.60. The summed E-state index contributed by atoms with van der Waals surface area (Å²) in [5.74, 6) is -1.16. The van der Waals surface area contributed by atoms with Crippen LogP contribution in [0, 0.1) is 0 Å². The molecule has 2 N–H and O–H groups in total. The third kappa shape index (κ3) is 2.34. The number of carboxylic acid groups (broad SMARTS) is 1. The zero-order valence-electron chi connectivity index (χ0n) is 9.25. The molecule has 0 bridgehead atoms. The molecule has 0 spiro atoms. The minimum Gasteiger partial charge on any atom is -0.476 e. The van der Waals surface area contributed by atoms with Crippen molar-refractivity contribution in [3.05, 3.63) is 35.0 Å². The summed E-state index contributed by atoms with van der Waals surface area (Å²) in [4.78, 5) is 11.1. The topological polar surface area (TPSA) is 88.2 Å². The number of aromatic nitrogens is 3. The normalized spacial score (nSPS) is 10.6. The molecule has 0 aliphatic carbocycles. The highest BCUT2D eigenvalue weighted by Gasteiger charge is 2.20. The molecule has 0 atom stereocenters. The van der Waals surface area contributed by atoms with E-state index in [0.717, 1.165) is 0 Å². The summed E-state index contributed by atoms with van der Waals surface area (Å²) in [7, 11) is 0. The van der Waals surface area contributed by atoms with Gasteiger partial charge in [0.2, 0.25) is 0 Å². The molecule has 0 saturated carbocycles. The van der Waals surface area contributed by atoms with Crippen LogP contribution < -0.4 is 0 Å². The number of aromatic carboxylic acids is 1. The van der Waals surface area contributed by atoms with Crippen LogP contribution >= 0.6 is 11.6 Å². The van der Waals surface area contributed by atoms with Gasteiger partial charge < -0.3 is 10.2 Å². The van der Waals surface area contributed by atoms with Gasteiger partial charge in [-0.3, -0.25) is 0 Å². The Morgan fingerprint density at radius 2 is 2.00 bits per heavy atom. The van der Waals surface area contributed by atoms with E-state index in [1.54, 1.807) is 24.3 Å². The van der Waals surface area contributed by atoms with Gasteiger partial charge in [-0.05, 0) is 12.1 Å². The summed E-state index contributed by atoms with van der Waals surface area (Å²) in [6.07, 6.45) is 0. The Morgan fingerprint density at radius 3 is 2.56 bits per heavy atom. The quantitative estimate of drug-likeness (QED) is 0.871. The van der Waals surface area contributed by atoms with Gasteiger partial charge in [0, 0.05) is 10.6 Å². The number of rotatable bonds is 4. The molecule has 1 aromatic heterocycles. The van der Waals surface area contributed by atoms with Crippen molar-refractivity contribution in [1.82, 2.24) is 15.0 Å². The summed E-state index contributed by atoms with van der Waals surface area (Å²) < 4.78 is 1.35. The van der Waals surface area contributed by atoms with Gasteiger partial charge in [0.25, 0.3) is 0 Å². The SMILES string of the molecule is O=C(O)c1nnn(CCO)c1-c1ccc(Cl)cc1. The van der Waals surface area contributed by atoms with Crippen LogP contribution in [0.5, 0.6) is 0 Å². The molecule has 0 fully saturated rings.